The Balaban J connectivity index is 1.52. The molecule has 0 atom stereocenters. The molecule has 0 saturated carbocycles. The van der Waals surface area contributed by atoms with E-state index in [-0.39, 0.29) is 5.91 Å². The van der Waals surface area contributed by atoms with Crippen LogP contribution in [0.1, 0.15) is 30.8 Å². The van der Waals surface area contributed by atoms with Crippen LogP contribution in [0.25, 0.3) is 0 Å². The molecule has 1 N–H and O–H groups in total. The summed E-state index contributed by atoms with van der Waals surface area (Å²) >= 11 is 0. The van der Waals surface area contributed by atoms with Crippen molar-refractivity contribution in [3.63, 3.8) is 0 Å². The Labute approximate surface area is 155 Å². The molecule has 1 fully saturated rings. The number of hydrogen-bond acceptors (Lipinski definition) is 5. The van der Waals surface area contributed by atoms with Gasteiger partial charge in [-0.3, -0.25) is 4.79 Å². The number of rotatable bonds is 6. The highest BCUT2D eigenvalue weighted by molar-refractivity contribution is 5.92. The van der Waals surface area contributed by atoms with Crippen molar-refractivity contribution in [2.75, 3.05) is 42.5 Å². The highest BCUT2D eigenvalue weighted by atomic mass is 16.1. The second-order valence-electron chi connectivity index (χ2n) is 7.02. The zero-order chi connectivity index (χ0) is 18.4. The molecule has 0 radical (unpaired) electrons. The Morgan fingerprint density at radius 3 is 2.31 bits per heavy atom. The zero-order valence-electron chi connectivity index (χ0n) is 15.6. The average Bonchev–Trinajstić information content (AvgIpc) is 2.68. The van der Waals surface area contributed by atoms with Gasteiger partial charge in [0, 0.05) is 38.4 Å². The Bertz CT molecular complexity index is 694. The number of amides is 1. The van der Waals surface area contributed by atoms with Crippen molar-refractivity contribution in [2.45, 2.75) is 20.3 Å². The van der Waals surface area contributed by atoms with Gasteiger partial charge >= 0.3 is 0 Å². The van der Waals surface area contributed by atoms with Gasteiger partial charge < -0.3 is 15.1 Å². The summed E-state index contributed by atoms with van der Waals surface area (Å²) in [4.78, 5) is 16.7. The average molecular weight is 353 g/mol. The third-order valence-corrected chi connectivity index (χ3v) is 4.62. The van der Waals surface area contributed by atoms with E-state index in [0.717, 1.165) is 38.4 Å². The Morgan fingerprint density at radius 2 is 1.69 bits per heavy atom. The van der Waals surface area contributed by atoms with Crippen molar-refractivity contribution in [3.05, 3.63) is 48.2 Å². The van der Waals surface area contributed by atoms with Gasteiger partial charge in [-0.15, -0.1) is 10.2 Å². The predicted molar refractivity (Wildman–Crippen MR) is 105 cm³/mol. The summed E-state index contributed by atoms with van der Waals surface area (Å²) in [5.74, 6) is 1.24. The second kappa shape index (κ2) is 8.65. The molecule has 0 spiro atoms. The van der Waals surface area contributed by atoms with E-state index in [1.54, 1.807) is 6.07 Å². The summed E-state index contributed by atoms with van der Waals surface area (Å²) in [6.07, 6.45) is 0.961. The normalized spacial score (nSPS) is 14.6. The number of carbonyl (C=O) groups is 1. The molecule has 1 aliphatic heterocycles. The SMILES string of the molecule is CC(C)CCNC(=O)c1ccc(N2CCN(c3ccccc3)CC2)nn1. The third kappa shape index (κ3) is 4.71. The minimum atomic E-state index is -0.154. The molecule has 6 heteroatoms. The molecule has 138 valence electrons. The molecular formula is C20H27N5O. The number of hydrogen-bond donors (Lipinski definition) is 1. The van der Waals surface area contributed by atoms with Crippen LogP contribution in [0, 0.1) is 5.92 Å². The van der Waals surface area contributed by atoms with Gasteiger partial charge in [0.15, 0.2) is 11.5 Å². The first-order chi connectivity index (χ1) is 12.6. The van der Waals surface area contributed by atoms with E-state index in [1.807, 2.05) is 12.1 Å². The van der Waals surface area contributed by atoms with Crippen molar-refractivity contribution in [2.24, 2.45) is 5.92 Å². The number of para-hydroxylation sites is 1. The summed E-state index contributed by atoms with van der Waals surface area (Å²) in [7, 11) is 0. The highest BCUT2D eigenvalue weighted by Crippen LogP contribution is 2.18. The number of aromatic nitrogens is 2. The molecule has 1 saturated heterocycles. The van der Waals surface area contributed by atoms with Crippen molar-refractivity contribution in [1.82, 2.24) is 15.5 Å². The summed E-state index contributed by atoms with van der Waals surface area (Å²) in [5.41, 5.74) is 1.63. The molecule has 3 rings (SSSR count). The van der Waals surface area contributed by atoms with E-state index in [1.165, 1.54) is 5.69 Å². The van der Waals surface area contributed by atoms with Crippen LogP contribution in [-0.2, 0) is 0 Å². The van der Waals surface area contributed by atoms with E-state index < -0.39 is 0 Å². The standard InChI is InChI=1S/C20H27N5O/c1-16(2)10-11-21-20(26)18-8-9-19(23-22-18)25-14-12-24(13-15-25)17-6-4-3-5-7-17/h3-9,16H,10-15H2,1-2H3,(H,21,26). The predicted octanol–water partition coefficient (Wildman–Crippen LogP) is 2.58. The zero-order valence-corrected chi connectivity index (χ0v) is 15.6. The fraction of sp³-hybridized carbons (Fsp3) is 0.450. The lowest BCUT2D eigenvalue weighted by Crippen LogP contribution is -2.46. The fourth-order valence-corrected chi connectivity index (χ4v) is 3.01. The highest BCUT2D eigenvalue weighted by Gasteiger charge is 2.19. The first kappa shape index (κ1) is 18.2. The topological polar surface area (TPSA) is 61.4 Å². The lowest BCUT2D eigenvalue weighted by Gasteiger charge is -2.36. The molecule has 1 aromatic carbocycles. The number of carbonyl (C=O) groups excluding carboxylic acids is 1. The van der Waals surface area contributed by atoms with Crippen LogP contribution in [0.5, 0.6) is 0 Å². The smallest absolute Gasteiger partial charge is 0.271 e. The van der Waals surface area contributed by atoms with Crippen LogP contribution < -0.4 is 15.1 Å². The summed E-state index contributed by atoms with van der Waals surface area (Å²) in [5, 5.41) is 11.3. The maximum absolute atomic E-state index is 12.1. The number of benzene rings is 1. The maximum Gasteiger partial charge on any atom is 0.271 e. The van der Waals surface area contributed by atoms with E-state index in [0.29, 0.717) is 18.2 Å². The molecule has 6 nitrogen and oxygen atoms in total. The number of anilines is 2. The minimum Gasteiger partial charge on any atom is -0.368 e. The molecule has 1 aromatic heterocycles. The monoisotopic (exact) mass is 353 g/mol. The van der Waals surface area contributed by atoms with Crippen LogP contribution >= 0.6 is 0 Å². The third-order valence-electron chi connectivity index (χ3n) is 4.62. The lowest BCUT2D eigenvalue weighted by molar-refractivity contribution is 0.0946. The Morgan fingerprint density at radius 1 is 1.00 bits per heavy atom. The first-order valence-corrected chi connectivity index (χ1v) is 9.30. The Hall–Kier alpha value is -2.63. The quantitative estimate of drug-likeness (QED) is 0.865. The van der Waals surface area contributed by atoms with Crippen LogP contribution in [0.2, 0.25) is 0 Å². The number of nitrogens with one attached hydrogen (secondary N) is 1. The van der Waals surface area contributed by atoms with Crippen LogP contribution in [0.3, 0.4) is 0 Å². The molecule has 1 aliphatic rings. The number of piperazine rings is 1. The van der Waals surface area contributed by atoms with E-state index >= 15 is 0 Å². The van der Waals surface area contributed by atoms with Crippen LogP contribution in [0.15, 0.2) is 42.5 Å². The molecule has 2 heterocycles. The van der Waals surface area contributed by atoms with Crippen molar-refractivity contribution in [1.29, 1.82) is 0 Å². The van der Waals surface area contributed by atoms with Crippen LogP contribution in [-0.4, -0.2) is 48.8 Å². The van der Waals surface area contributed by atoms with Crippen molar-refractivity contribution in [3.8, 4) is 0 Å². The van der Waals surface area contributed by atoms with Gasteiger partial charge in [0.25, 0.3) is 5.91 Å². The van der Waals surface area contributed by atoms with Gasteiger partial charge in [-0.2, -0.15) is 0 Å². The molecule has 0 bridgehead atoms. The summed E-state index contributed by atoms with van der Waals surface area (Å²) in [6, 6.07) is 14.1. The van der Waals surface area contributed by atoms with Gasteiger partial charge in [-0.1, -0.05) is 32.0 Å². The van der Waals surface area contributed by atoms with Crippen LogP contribution in [0.4, 0.5) is 11.5 Å². The fourth-order valence-electron chi connectivity index (χ4n) is 3.01. The van der Waals surface area contributed by atoms with E-state index in [2.05, 4.69) is 63.4 Å². The van der Waals surface area contributed by atoms with Gasteiger partial charge in [0.2, 0.25) is 0 Å². The minimum absolute atomic E-state index is 0.154. The maximum atomic E-state index is 12.1. The van der Waals surface area contributed by atoms with Crippen molar-refractivity contribution < 1.29 is 4.79 Å². The van der Waals surface area contributed by atoms with Gasteiger partial charge in [0.05, 0.1) is 0 Å². The Kier molecular flexibility index (Phi) is 6.04. The molecule has 0 aliphatic carbocycles. The largest absolute Gasteiger partial charge is 0.368 e. The van der Waals surface area contributed by atoms with E-state index in [4.69, 9.17) is 0 Å². The van der Waals surface area contributed by atoms with Gasteiger partial charge in [-0.05, 0) is 36.6 Å². The molecule has 1 amide bonds. The number of nitrogens with zero attached hydrogens (tertiary/aromatic N) is 4. The van der Waals surface area contributed by atoms with Gasteiger partial charge in [0.1, 0.15) is 0 Å². The molecule has 2 aromatic rings. The molecular weight excluding hydrogens is 326 g/mol. The second-order valence-corrected chi connectivity index (χ2v) is 7.02. The first-order valence-electron chi connectivity index (χ1n) is 9.30. The summed E-state index contributed by atoms with van der Waals surface area (Å²) < 4.78 is 0. The van der Waals surface area contributed by atoms with Gasteiger partial charge in [-0.25, -0.2) is 0 Å². The molecule has 0 unspecified atom stereocenters. The van der Waals surface area contributed by atoms with E-state index in [9.17, 15) is 4.79 Å². The summed E-state index contributed by atoms with van der Waals surface area (Å²) in [6.45, 7) is 8.62. The lowest BCUT2D eigenvalue weighted by atomic mass is 10.1. The molecule has 26 heavy (non-hydrogen) atoms. The van der Waals surface area contributed by atoms with Crippen molar-refractivity contribution >= 4 is 17.4 Å².